The number of imidazole rings is 1. The number of anilines is 1. The molecular formula is C18H23N5O3. The minimum absolute atomic E-state index is 0.528. The van der Waals surface area contributed by atoms with Crippen LogP contribution in [0.2, 0.25) is 0 Å². The number of hydrogen-bond acceptors (Lipinski definition) is 7. The van der Waals surface area contributed by atoms with Crippen LogP contribution >= 0.6 is 0 Å². The van der Waals surface area contributed by atoms with E-state index in [1.807, 2.05) is 0 Å². The largest absolute Gasteiger partial charge is 0.386 e. The fourth-order valence-electron chi connectivity index (χ4n) is 3.83. The number of hydrogen-bond donors (Lipinski definition) is 3. The zero-order chi connectivity index (χ0) is 18.1. The summed E-state index contributed by atoms with van der Waals surface area (Å²) in [6.45, 7) is 0.861. The predicted octanol–water partition coefficient (Wildman–Crippen LogP) is 1.07. The molecule has 8 nitrogen and oxygen atoms in total. The van der Waals surface area contributed by atoms with Crippen molar-refractivity contribution in [3.63, 3.8) is 0 Å². The van der Waals surface area contributed by atoms with Crippen molar-refractivity contribution < 1.29 is 14.9 Å². The van der Waals surface area contributed by atoms with Gasteiger partial charge in [-0.1, -0.05) is 25.2 Å². The van der Waals surface area contributed by atoms with Crippen LogP contribution in [-0.4, -0.2) is 54.6 Å². The molecule has 0 amide bonds. The second kappa shape index (κ2) is 7.19. The number of ether oxygens (including phenoxy) is 1. The fraction of sp³-hybridized carbons (Fsp3) is 0.611. The Morgan fingerprint density at radius 2 is 2.00 bits per heavy atom. The highest BCUT2D eigenvalue weighted by Crippen LogP contribution is 2.32. The molecule has 2 fully saturated rings. The van der Waals surface area contributed by atoms with Crippen LogP contribution in [0.1, 0.15) is 38.3 Å². The van der Waals surface area contributed by atoms with Crippen molar-refractivity contribution in [1.29, 1.82) is 0 Å². The Labute approximate surface area is 151 Å². The molecule has 2 aromatic rings. The molecule has 2 aliphatic rings. The van der Waals surface area contributed by atoms with Gasteiger partial charge in [0.2, 0.25) is 0 Å². The van der Waals surface area contributed by atoms with Crippen LogP contribution in [0.15, 0.2) is 12.7 Å². The summed E-state index contributed by atoms with van der Waals surface area (Å²) in [7, 11) is 0. The van der Waals surface area contributed by atoms with E-state index < -0.39 is 24.5 Å². The molecule has 1 aliphatic heterocycles. The molecule has 8 heteroatoms. The van der Waals surface area contributed by atoms with Crippen LogP contribution in [0.4, 0.5) is 5.82 Å². The highest BCUT2D eigenvalue weighted by atomic mass is 16.6. The average molecular weight is 357 g/mol. The topological polar surface area (TPSA) is 105 Å². The van der Waals surface area contributed by atoms with Gasteiger partial charge in [-0.25, -0.2) is 15.0 Å². The molecule has 4 rings (SSSR count). The minimum atomic E-state index is -1.15. The van der Waals surface area contributed by atoms with Gasteiger partial charge in [-0.3, -0.25) is 4.57 Å². The number of fused-ring (bicyclic) bond motifs is 1. The predicted molar refractivity (Wildman–Crippen MR) is 95.1 cm³/mol. The summed E-state index contributed by atoms with van der Waals surface area (Å²) in [5.74, 6) is 3.66. The average Bonchev–Trinajstić information content (AvgIpc) is 3.23. The third-order valence-corrected chi connectivity index (χ3v) is 5.32. The summed E-state index contributed by atoms with van der Waals surface area (Å²) in [6, 6.07) is 0. The van der Waals surface area contributed by atoms with Crippen molar-refractivity contribution in [3.05, 3.63) is 12.7 Å². The van der Waals surface area contributed by atoms with Gasteiger partial charge in [0.05, 0.1) is 6.33 Å². The van der Waals surface area contributed by atoms with E-state index in [9.17, 15) is 10.2 Å². The highest BCUT2D eigenvalue weighted by molar-refractivity contribution is 5.82. The number of rotatable bonds is 4. The Morgan fingerprint density at radius 3 is 2.73 bits per heavy atom. The van der Waals surface area contributed by atoms with Crippen LogP contribution in [0.5, 0.6) is 0 Å². The van der Waals surface area contributed by atoms with E-state index in [0.29, 0.717) is 22.9 Å². The SMILES string of the molecule is C#C[C@H]1O[C@@H](n2cnc3c(NCC4CCCCC4)ncnc32)[C@H](O)[C@@H]1O. The van der Waals surface area contributed by atoms with Crippen LogP contribution in [0.25, 0.3) is 11.2 Å². The van der Waals surface area contributed by atoms with E-state index in [4.69, 9.17) is 11.2 Å². The lowest BCUT2D eigenvalue weighted by molar-refractivity contribution is -0.0230. The summed E-state index contributed by atoms with van der Waals surface area (Å²) >= 11 is 0. The first-order chi connectivity index (χ1) is 12.7. The first kappa shape index (κ1) is 17.2. The van der Waals surface area contributed by atoms with Crippen LogP contribution < -0.4 is 5.32 Å². The molecule has 4 atom stereocenters. The van der Waals surface area contributed by atoms with Gasteiger partial charge in [0.1, 0.15) is 24.6 Å². The Kier molecular flexibility index (Phi) is 4.76. The normalized spacial score (nSPS) is 29.7. The van der Waals surface area contributed by atoms with Crippen LogP contribution in [0, 0.1) is 18.3 Å². The summed E-state index contributed by atoms with van der Waals surface area (Å²) < 4.78 is 7.18. The lowest BCUT2D eigenvalue weighted by Crippen LogP contribution is -2.30. The van der Waals surface area contributed by atoms with E-state index in [0.717, 1.165) is 6.54 Å². The zero-order valence-electron chi connectivity index (χ0n) is 14.5. The number of aromatic nitrogens is 4. The summed E-state index contributed by atoms with van der Waals surface area (Å²) in [6.07, 6.45) is 10.7. The number of nitrogens with zero attached hydrogens (tertiary/aromatic N) is 4. The third-order valence-electron chi connectivity index (χ3n) is 5.32. The van der Waals surface area contributed by atoms with Crippen molar-refractivity contribution in [2.24, 2.45) is 5.92 Å². The molecule has 138 valence electrons. The first-order valence-electron chi connectivity index (χ1n) is 9.08. The Morgan fingerprint density at radius 1 is 1.19 bits per heavy atom. The van der Waals surface area contributed by atoms with Crippen molar-refractivity contribution in [3.8, 4) is 12.3 Å². The van der Waals surface area contributed by atoms with E-state index in [-0.39, 0.29) is 0 Å². The van der Waals surface area contributed by atoms with Crippen molar-refractivity contribution in [2.75, 3.05) is 11.9 Å². The molecule has 3 N–H and O–H groups in total. The fourth-order valence-corrected chi connectivity index (χ4v) is 3.83. The molecule has 2 aromatic heterocycles. The van der Waals surface area contributed by atoms with Crippen molar-refractivity contribution in [1.82, 2.24) is 19.5 Å². The number of terminal acetylenes is 1. The molecule has 1 saturated heterocycles. The van der Waals surface area contributed by atoms with Gasteiger partial charge in [-0.05, 0) is 18.8 Å². The molecule has 0 bridgehead atoms. The van der Waals surface area contributed by atoms with Gasteiger partial charge in [0, 0.05) is 6.54 Å². The third kappa shape index (κ3) is 3.03. The summed E-state index contributed by atoms with van der Waals surface area (Å²) in [5.41, 5.74) is 1.14. The van der Waals surface area contributed by atoms with E-state index in [1.165, 1.54) is 44.8 Å². The maximum absolute atomic E-state index is 10.3. The molecule has 0 radical (unpaired) electrons. The number of aliphatic hydroxyl groups excluding tert-OH is 2. The van der Waals surface area contributed by atoms with E-state index in [1.54, 1.807) is 4.57 Å². The number of nitrogens with one attached hydrogen (secondary N) is 1. The lowest BCUT2D eigenvalue weighted by atomic mass is 9.89. The summed E-state index contributed by atoms with van der Waals surface area (Å²) in [5, 5.41) is 23.6. The van der Waals surface area contributed by atoms with E-state index >= 15 is 0 Å². The molecule has 1 saturated carbocycles. The monoisotopic (exact) mass is 357 g/mol. The smallest absolute Gasteiger partial charge is 0.167 e. The van der Waals surface area contributed by atoms with Gasteiger partial charge < -0.3 is 20.3 Å². The minimum Gasteiger partial charge on any atom is -0.386 e. The van der Waals surface area contributed by atoms with Crippen molar-refractivity contribution in [2.45, 2.75) is 56.6 Å². The zero-order valence-corrected chi connectivity index (χ0v) is 14.5. The van der Waals surface area contributed by atoms with Crippen LogP contribution in [0.3, 0.4) is 0 Å². The van der Waals surface area contributed by atoms with Gasteiger partial charge in [-0.2, -0.15) is 0 Å². The molecular weight excluding hydrogens is 334 g/mol. The molecule has 26 heavy (non-hydrogen) atoms. The molecule has 1 aliphatic carbocycles. The maximum atomic E-state index is 10.3. The molecule has 0 aromatic carbocycles. The lowest BCUT2D eigenvalue weighted by Gasteiger charge is -2.22. The quantitative estimate of drug-likeness (QED) is 0.703. The second-order valence-corrected chi connectivity index (χ2v) is 7.03. The van der Waals surface area contributed by atoms with E-state index in [2.05, 4.69) is 26.2 Å². The second-order valence-electron chi connectivity index (χ2n) is 7.03. The van der Waals surface area contributed by atoms with Gasteiger partial charge in [-0.15, -0.1) is 6.42 Å². The molecule has 3 heterocycles. The Bertz CT molecular complexity index is 811. The maximum Gasteiger partial charge on any atom is 0.167 e. The van der Waals surface area contributed by atoms with Crippen molar-refractivity contribution >= 4 is 17.0 Å². The van der Waals surface area contributed by atoms with Gasteiger partial charge in [0.15, 0.2) is 23.2 Å². The highest BCUT2D eigenvalue weighted by Gasteiger charge is 2.43. The molecule has 0 unspecified atom stereocenters. The number of aliphatic hydroxyl groups is 2. The summed E-state index contributed by atoms with van der Waals surface area (Å²) in [4.78, 5) is 13.0. The molecule has 0 spiro atoms. The van der Waals surface area contributed by atoms with Gasteiger partial charge in [0.25, 0.3) is 0 Å². The van der Waals surface area contributed by atoms with Crippen LogP contribution in [-0.2, 0) is 4.74 Å². The van der Waals surface area contributed by atoms with Gasteiger partial charge >= 0.3 is 0 Å². The standard InChI is InChI=1S/C18H23N5O3/c1-2-12-14(24)15(25)18(26-12)23-10-22-13-16(20-9-21-17(13)23)19-8-11-6-4-3-5-7-11/h1,9-12,14-15,18,24-25H,3-8H2,(H,19,20,21)/t12-,14-,15-,18-/m1/s1. The Hall–Kier alpha value is -2.21. The first-order valence-corrected chi connectivity index (χ1v) is 9.08. The Balaban J connectivity index is 1.56.